The highest BCUT2D eigenvalue weighted by atomic mass is 35.5. The third kappa shape index (κ3) is 0.970. The van der Waals surface area contributed by atoms with Crippen molar-refractivity contribution in [3.63, 3.8) is 0 Å². The highest BCUT2D eigenvalue weighted by Crippen LogP contribution is 2.10. The Morgan fingerprint density at radius 3 is 3.27 bits per heavy atom. The van der Waals surface area contributed by atoms with Crippen molar-refractivity contribution in [2.45, 2.75) is 12.2 Å². The average Bonchev–Trinajstić information content (AvgIpc) is 2.34. The molecule has 0 bridgehead atoms. The first kappa shape index (κ1) is 6.60. The van der Waals surface area contributed by atoms with Crippen LogP contribution in [0.25, 0.3) is 0 Å². The van der Waals surface area contributed by atoms with Crippen LogP contribution in [-0.2, 0) is 4.79 Å². The zero-order valence-corrected chi connectivity index (χ0v) is 6.17. The summed E-state index contributed by atoms with van der Waals surface area (Å²) in [6.07, 6.45) is 1.09. The molecule has 2 aliphatic rings. The molecule has 0 spiro atoms. The molecule has 0 aromatic rings. The summed E-state index contributed by atoms with van der Waals surface area (Å²) in [7, 11) is 0. The molecule has 0 saturated heterocycles. The van der Waals surface area contributed by atoms with E-state index in [0.29, 0.717) is 0 Å². The number of carbonyl (C=O) groups excluding carboxylic acids is 1. The van der Waals surface area contributed by atoms with Gasteiger partial charge in [-0.05, 0) is 11.6 Å². The van der Waals surface area contributed by atoms with Crippen molar-refractivity contribution < 1.29 is 4.79 Å². The quantitative estimate of drug-likeness (QED) is 0.462. The molecule has 0 radical (unpaired) electrons. The highest BCUT2D eigenvalue weighted by molar-refractivity contribution is 6.66. The lowest BCUT2D eigenvalue weighted by atomic mass is 10.2. The lowest BCUT2D eigenvalue weighted by molar-refractivity contribution is -0.121. The van der Waals surface area contributed by atoms with Crippen LogP contribution in [-0.4, -0.2) is 29.7 Å². The van der Waals surface area contributed by atoms with E-state index in [2.05, 4.69) is 20.6 Å². The molecule has 1 amide bonds. The van der Waals surface area contributed by atoms with E-state index in [0.717, 1.165) is 0 Å². The number of aliphatic imine (C=N–C) groups is 2. The Morgan fingerprint density at radius 2 is 2.45 bits per heavy atom. The van der Waals surface area contributed by atoms with Gasteiger partial charge in [-0.15, -0.1) is 0 Å². The van der Waals surface area contributed by atoms with Crippen LogP contribution in [0.2, 0.25) is 0 Å². The second kappa shape index (κ2) is 2.20. The molecule has 0 aromatic heterocycles. The van der Waals surface area contributed by atoms with Gasteiger partial charge in [-0.3, -0.25) is 10.1 Å². The van der Waals surface area contributed by atoms with E-state index in [1.165, 1.54) is 6.34 Å². The zero-order chi connectivity index (χ0) is 7.84. The number of fused-ring (bicyclic) bond motifs is 1. The van der Waals surface area contributed by atoms with Crippen LogP contribution in [0.3, 0.4) is 0 Å². The third-order valence-electron chi connectivity index (χ3n) is 1.53. The number of amides is 1. The largest absolute Gasteiger partial charge is 0.361 e. The van der Waals surface area contributed by atoms with Gasteiger partial charge in [0.05, 0.1) is 6.34 Å². The number of rotatable bonds is 0. The minimum atomic E-state index is -0.378. The number of hydrogen-bond acceptors (Lipinski definition) is 4. The van der Waals surface area contributed by atoms with Crippen molar-refractivity contribution >= 4 is 29.1 Å². The first-order chi connectivity index (χ1) is 5.27. The van der Waals surface area contributed by atoms with E-state index in [1.54, 1.807) is 0 Å². The normalized spacial score (nSPS) is 33.9. The fraction of sp³-hybridized carbons (Fsp3) is 0.400. The molecule has 2 atom stereocenters. The van der Waals surface area contributed by atoms with Crippen LogP contribution in [0.4, 0.5) is 0 Å². The summed E-state index contributed by atoms with van der Waals surface area (Å²) in [4.78, 5) is 18.8. The van der Waals surface area contributed by atoms with Gasteiger partial charge in [-0.25, -0.2) is 9.98 Å². The summed E-state index contributed by atoms with van der Waals surface area (Å²) in [6, 6.07) is -0.377. The molecule has 58 valence electrons. The van der Waals surface area contributed by atoms with Crippen molar-refractivity contribution in [3.8, 4) is 0 Å². The van der Waals surface area contributed by atoms with Crippen molar-refractivity contribution in [1.82, 2.24) is 10.6 Å². The molecule has 2 N–H and O–H groups in total. The maximum Gasteiger partial charge on any atom is 0.253 e. The summed E-state index contributed by atoms with van der Waals surface area (Å²) in [5.74, 6) is -0.187. The van der Waals surface area contributed by atoms with Crippen molar-refractivity contribution in [1.29, 1.82) is 0 Å². The van der Waals surface area contributed by atoms with Gasteiger partial charge in [-0.1, -0.05) is 0 Å². The Kier molecular flexibility index (Phi) is 1.32. The van der Waals surface area contributed by atoms with E-state index in [9.17, 15) is 4.79 Å². The van der Waals surface area contributed by atoms with E-state index in [1.807, 2.05) is 0 Å². The first-order valence-corrected chi connectivity index (χ1v) is 3.47. The molecular formula is C5H5ClN4O. The predicted molar refractivity (Wildman–Crippen MR) is 40.6 cm³/mol. The van der Waals surface area contributed by atoms with Crippen LogP contribution in [0.1, 0.15) is 0 Å². The number of hydrogen-bond donors (Lipinski definition) is 2. The van der Waals surface area contributed by atoms with Crippen LogP contribution in [0.5, 0.6) is 0 Å². The minimum Gasteiger partial charge on any atom is -0.361 e. The monoisotopic (exact) mass is 172 g/mol. The summed E-state index contributed by atoms with van der Waals surface area (Å²) in [6.45, 7) is 0. The van der Waals surface area contributed by atoms with Gasteiger partial charge in [0, 0.05) is 0 Å². The number of nitrogens with zero attached hydrogens (tertiary/aromatic N) is 2. The van der Waals surface area contributed by atoms with Gasteiger partial charge in [-0.2, -0.15) is 0 Å². The highest BCUT2D eigenvalue weighted by Gasteiger charge is 2.34. The molecule has 0 aromatic carbocycles. The summed E-state index contributed by atoms with van der Waals surface area (Å²) in [5, 5.41) is 5.25. The average molecular weight is 173 g/mol. The Balaban J connectivity index is 2.30. The van der Waals surface area contributed by atoms with Crippen LogP contribution < -0.4 is 10.6 Å². The molecule has 2 heterocycles. The molecule has 5 nitrogen and oxygen atoms in total. The van der Waals surface area contributed by atoms with Gasteiger partial charge in [0.15, 0.2) is 11.5 Å². The van der Waals surface area contributed by atoms with Gasteiger partial charge in [0.2, 0.25) is 0 Å². The third-order valence-corrected chi connectivity index (χ3v) is 1.73. The SMILES string of the molecule is O=C1NC(Cl)=N[C@@H]2N=CN[C@H]12. The lowest BCUT2D eigenvalue weighted by Crippen LogP contribution is -2.51. The van der Waals surface area contributed by atoms with Crippen LogP contribution in [0, 0.1) is 0 Å². The van der Waals surface area contributed by atoms with E-state index in [-0.39, 0.29) is 23.4 Å². The smallest absolute Gasteiger partial charge is 0.253 e. The van der Waals surface area contributed by atoms with E-state index >= 15 is 0 Å². The van der Waals surface area contributed by atoms with Crippen LogP contribution in [0.15, 0.2) is 9.98 Å². The van der Waals surface area contributed by atoms with Gasteiger partial charge in [0.25, 0.3) is 5.91 Å². The molecule has 0 unspecified atom stereocenters. The maximum atomic E-state index is 11.1. The zero-order valence-electron chi connectivity index (χ0n) is 5.41. The van der Waals surface area contributed by atoms with Gasteiger partial charge in [0.1, 0.15) is 6.04 Å². The summed E-state index contributed by atoms with van der Waals surface area (Å²) >= 11 is 5.49. The molecule has 2 aliphatic heterocycles. The second-order valence-corrected chi connectivity index (χ2v) is 2.60. The van der Waals surface area contributed by atoms with Gasteiger partial charge >= 0.3 is 0 Å². The summed E-state index contributed by atoms with van der Waals surface area (Å²) < 4.78 is 0. The Bertz CT molecular complexity index is 261. The molecule has 11 heavy (non-hydrogen) atoms. The fourth-order valence-electron chi connectivity index (χ4n) is 1.02. The van der Waals surface area contributed by atoms with E-state index < -0.39 is 0 Å². The van der Waals surface area contributed by atoms with Crippen molar-refractivity contribution in [2.75, 3.05) is 0 Å². The fourth-order valence-corrected chi connectivity index (χ4v) is 1.21. The molecule has 0 aliphatic carbocycles. The van der Waals surface area contributed by atoms with Crippen molar-refractivity contribution in [2.24, 2.45) is 9.98 Å². The van der Waals surface area contributed by atoms with Crippen LogP contribution >= 0.6 is 11.6 Å². The first-order valence-electron chi connectivity index (χ1n) is 3.09. The number of halogens is 1. The number of amidine groups is 1. The van der Waals surface area contributed by atoms with Crippen molar-refractivity contribution in [3.05, 3.63) is 0 Å². The molecule has 6 heteroatoms. The molecular weight excluding hydrogens is 168 g/mol. The molecule has 2 rings (SSSR count). The minimum absolute atomic E-state index is 0.108. The maximum absolute atomic E-state index is 11.1. The summed E-state index contributed by atoms with van der Waals surface area (Å²) in [5.41, 5.74) is 0. The lowest BCUT2D eigenvalue weighted by Gasteiger charge is -2.19. The molecule has 0 fully saturated rings. The van der Waals surface area contributed by atoms with E-state index in [4.69, 9.17) is 11.6 Å². The number of carbonyl (C=O) groups is 1. The second-order valence-electron chi connectivity index (χ2n) is 2.25. The Hall–Kier alpha value is -1.10. The number of nitrogens with one attached hydrogen (secondary N) is 2. The molecule has 0 saturated carbocycles. The predicted octanol–water partition coefficient (Wildman–Crippen LogP) is -0.963. The Morgan fingerprint density at radius 1 is 1.64 bits per heavy atom. The van der Waals surface area contributed by atoms with Gasteiger partial charge < -0.3 is 5.32 Å². The Labute approximate surface area is 67.5 Å². The topological polar surface area (TPSA) is 65.8 Å². The standard InChI is InChI=1S/C5H5ClN4O/c6-5-9-3-2(4(11)10-5)7-1-8-3/h1-3H,(H,7,8)(H,9,10,11)/t2-,3-/m0/s1.